The topological polar surface area (TPSA) is 52.0 Å². The average molecular weight is 319 g/mol. The quantitative estimate of drug-likeness (QED) is 0.706. The summed E-state index contributed by atoms with van der Waals surface area (Å²) in [5, 5.41) is 4.96. The fourth-order valence-corrected chi connectivity index (χ4v) is 2.77. The van der Waals surface area contributed by atoms with Crippen molar-refractivity contribution in [1.29, 1.82) is 0 Å². The number of halogens is 2. The Labute approximate surface area is 132 Å². The van der Waals surface area contributed by atoms with Crippen molar-refractivity contribution in [2.45, 2.75) is 6.92 Å². The number of anilines is 1. The Bertz CT molecular complexity index is 812. The van der Waals surface area contributed by atoms with Crippen LogP contribution in [0.25, 0.3) is 22.5 Å². The van der Waals surface area contributed by atoms with Gasteiger partial charge in [0.2, 0.25) is 0 Å². The van der Waals surface area contributed by atoms with Gasteiger partial charge in [-0.25, -0.2) is 0 Å². The highest BCUT2D eigenvalue weighted by Crippen LogP contribution is 2.41. The zero-order valence-electron chi connectivity index (χ0n) is 11.2. The molecule has 0 saturated carbocycles. The molecule has 1 heterocycles. The first-order valence-corrected chi connectivity index (χ1v) is 7.10. The summed E-state index contributed by atoms with van der Waals surface area (Å²) >= 11 is 12.2. The number of hydrogen-bond donors (Lipinski definition) is 1. The third kappa shape index (κ3) is 2.50. The van der Waals surface area contributed by atoms with Crippen molar-refractivity contribution in [3.8, 4) is 22.5 Å². The van der Waals surface area contributed by atoms with E-state index < -0.39 is 0 Å². The van der Waals surface area contributed by atoms with Gasteiger partial charge in [-0.05, 0) is 24.6 Å². The van der Waals surface area contributed by atoms with E-state index in [4.69, 9.17) is 33.5 Å². The molecule has 2 aromatic carbocycles. The van der Waals surface area contributed by atoms with Crippen LogP contribution in [0, 0.1) is 6.92 Å². The molecule has 0 amide bonds. The number of aromatic nitrogens is 1. The summed E-state index contributed by atoms with van der Waals surface area (Å²) in [4.78, 5) is 0. The van der Waals surface area contributed by atoms with Gasteiger partial charge < -0.3 is 10.3 Å². The molecule has 3 rings (SSSR count). The smallest absolute Gasteiger partial charge is 0.177 e. The van der Waals surface area contributed by atoms with E-state index in [1.165, 1.54) is 0 Å². The van der Waals surface area contributed by atoms with Crippen molar-refractivity contribution in [2.75, 3.05) is 5.73 Å². The first-order chi connectivity index (χ1) is 10.1. The third-order valence-corrected chi connectivity index (χ3v) is 3.86. The molecule has 3 nitrogen and oxygen atoms in total. The highest BCUT2D eigenvalue weighted by molar-refractivity contribution is 6.36. The van der Waals surface area contributed by atoms with Crippen LogP contribution in [0.2, 0.25) is 10.0 Å². The van der Waals surface area contributed by atoms with E-state index in [0.717, 1.165) is 16.7 Å². The fraction of sp³-hybridized carbons (Fsp3) is 0.0625. The van der Waals surface area contributed by atoms with Crippen molar-refractivity contribution in [1.82, 2.24) is 5.16 Å². The Morgan fingerprint density at radius 1 is 1.05 bits per heavy atom. The van der Waals surface area contributed by atoms with Crippen molar-refractivity contribution in [3.63, 3.8) is 0 Å². The van der Waals surface area contributed by atoms with E-state index in [9.17, 15) is 0 Å². The molecular weight excluding hydrogens is 307 g/mol. The maximum Gasteiger partial charge on any atom is 0.177 e. The SMILES string of the molecule is Cc1ccccc1-c1onc(N)c1-c1ccc(Cl)cc1Cl. The molecule has 0 aliphatic rings. The minimum Gasteiger partial charge on any atom is -0.380 e. The Morgan fingerprint density at radius 2 is 1.81 bits per heavy atom. The number of nitrogens with zero attached hydrogens (tertiary/aromatic N) is 1. The van der Waals surface area contributed by atoms with Crippen molar-refractivity contribution in [3.05, 3.63) is 58.1 Å². The van der Waals surface area contributed by atoms with Crippen molar-refractivity contribution < 1.29 is 4.52 Å². The molecule has 0 atom stereocenters. The van der Waals surface area contributed by atoms with Crippen molar-refractivity contribution >= 4 is 29.0 Å². The van der Waals surface area contributed by atoms with E-state index in [2.05, 4.69) is 5.16 Å². The fourth-order valence-electron chi connectivity index (χ4n) is 2.27. The molecule has 0 saturated heterocycles. The normalized spacial score (nSPS) is 10.8. The zero-order chi connectivity index (χ0) is 15.0. The second-order valence-electron chi connectivity index (χ2n) is 4.71. The predicted molar refractivity (Wildman–Crippen MR) is 86.5 cm³/mol. The molecule has 0 radical (unpaired) electrons. The molecular formula is C16H12Cl2N2O. The molecule has 21 heavy (non-hydrogen) atoms. The van der Waals surface area contributed by atoms with Crippen LogP contribution >= 0.6 is 23.2 Å². The van der Waals surface area contributed by atoms with Gasteiger partial charge in [0.1, 0.15) is 0 Å². The van der Waals surface area contributed by atoms with Crippen LogP contribution in [-0.4, -0.2) is 5.16 Å². The third-order valence-electron chi connectivity index (χ3n) is 3.31. The maximum atomic E-state index is 6.28. The van der Waals surface area contributed by atoms with Crippen LogP contribution in [0.5, 0.6) is 0 Å². The van der Waals surface area contributed by atoms with Gasteiger partial charge in [0.05, 0.1) is 10.6 Å². The number of benzene rings is 2. The summed E-state index contributed by atoms with van der Waals surface area (Å²) in [5.41, 5.74) is 9.41. The number of rotatable bonds is 2. The molecule has 0 unspecified atom stereocenters. The van der Waals surface area contributed by atoms with E-state index in [-0.39, 0.29) is 0 Å². The zero-order valence-corrected chi connectivity index (χ0v) is 12.7. The molecule has 2 N–H and O–H groups in total. The molecule has 0 fully saturated rings. The number of aryl methyl sites for hydroxylation is 1. The van der Waals surface area contributed by atoms with Gasteiger partial charge in [0.15, 0.2) is 11.6 Å². The van der Waals surface area contributed by atoms with Crippen molar-refractivity contribution in [2.24, 2.45) is 0 Å². The van der Waals surface area contributed by atoms with Gasteiger partial charge in [-0.1, -0.05) is 58.7 Å². The summed E-state index contributed by atoms with van der Waals surface area (Å²) in [6.07, 6.45) is 0. The standard InChI is InChI=1S/C16H12Cl2N2O/c1-9-4-2-3-5-11(9)15-14(16(19)20-21-15)12-7-6-10(17)8-13(12)18/h2-8H,1H3,(H2,19,20). The van der Waals surface area contributed by atoms with Crippen LogP contribution in [-0.2, 0) is 0 Å². The Hall–Kier alpha value is -1.97. The minimum atomic E-state index is 0.303. The van der Waals surface area contributed by atoms with Crippen LogP contribution in [0.1, 0.15) is 5.56 Å². The lowest BCUT2D eigenvalue weighted by molar-refractivity contribution is 0.436. The summed E-state index contributed by atoms with van der Waals surface area (Å²) in [7, 11) is 0. The van der Waals surface area contributed by atoms with Gasteiger partial charge in [-0.3, -0.25) is 0 Å². The molecule has 0 aliphatic carbocycles. The Kier molecular flexibility index (Phi) is 3.62. The predicted octanol–water partition coefficient (Wildman–Crippen LogP) is 5.21. The van der Waals surface area contributed by atoms with Crippen LogP contribution in [0.4, 0.5) is 5.82 Å². The highest BCUT2D eigenvalue weighted by Gasteiger charge is 2.20. The number of hydrogen-bond acceptors (Lipinski definition) is 3. The highest BCUT2D eigenvalue weighted by atomic mass is 35.5. The first kappa shape index (κ1) is 14.0. The molecule has 0 aliphatic heterocycles. The summed E-state index contributed by atoms with van der Waals surface area (Å²) in [6, 6.07) is 13.1. The summed E-state index contributed by atoms with van der Waals surface area (Å²) in [5.74, 6) is 0.910. The Morgan fingerprint density at radius 3 is 2.52 bits per heavy atom. The number of nitrogen functional groups attached to an aromatic ring is 1. The molecule has 3 aromatic rings. The average Bonchev–Trinajstić information content (AvgIpc) is 2.81. The lowest BCUT2D eigenvalue weighted by Crippen LogP contribution is -1.90. The van der Waals surface area contributed by atoms with Gasteiger partial charge >= 0.3 is 0 Å². The van der Waals surface area contributed by atoms with E-state index in [1.54, 1.807) is 12.1 Å². The minimum absolute atomic E-state index is 0.303. The Balaban J connectivity index is 2.25. The second kappa shape index (κ2) is 5.43. The molecule has 0 spiro atoms. The van der Waals surface area contributed by atoms with Crippen LogP contribution < -0.4 is 5.73 Å². The summed E-state index contributed by atoms with van der Waals surface area (Å²) < 4.78 is 5.44. The molecule has 1 aromatic heterocycles. The van der Waals surface area contributed by atoms with Gasteiger partial charge in [-0.15, -0.1) is 0 Å². The van der Waals surface area contributed by atoms with E-state index >= 15 is 0 Å². The largest absolute Gasteiger partial charge is 0.380 e. The first-order valence-electron chi connectivity index (χ1n) is 6.34. The molecule has 106 valence electrons. The van der Waals surface area contributed by atoms with Gasteiger partial charge in [-0.2, -0.15) is 0 Å². The molecule has 5 heteroatoms. The number of nitrogens with two attached hydrogens (primary N) is 1. The monoisotopic (exact) mass is 318 g/mol. The van der Waals surface area contributed by atoms with E-state index in [0.29, 0.717) is 27.2 Å². The van der Waals surface area contributed by atoms with Gasteiger partial charge in [0.25, 0.3) is 0 Å². The lowest BCUT2D eigenvalue weighted by atomic mass is 9.99. The van der Waals surface area contributed by atoms with Crippen LogP contribution in [0.3, 0.4) is 0 Å². The molecule has 0 bridgehead atoms. The van der Waals surface area contributed by atoms with E-state index in [1.807, 2.05) is 37.3 Å². The lowest BCUT2D eigenvalue weighted by Gasteiger charge is -2.07. The maximum absolute atomic E-state index is 6.28. The van der Waals surface area contributed by atoms with Gasteiger partial charge in [0, 0.05) is 16.1 Å². The van der Waals surface area contributed by atoms with Crippen LogP contribution in [0.15, 0.2) is 47.0 Å². The summed E-state index contributed by atoms with van der Waals surface area (Å²) in [6.45, 7) is 2.00. The second-order valence-corrected chi connectivity index (χ2v) is 5.55.